The first-order valence-electron chi connectivity index (χ1n) is 6.92. The van der Waals surface area contributed by atoms with Crippen molar-refractivity contribution in [1.82, 2.24) is 4.98 Å². The lowest BCUT2D eigenvalue weighted by Crippen LogP contribution is -2.23. The van der Waals surface area contributed by atoms with E-state index >= 15 is 0 Å². The minimum atomic E-state index is -0.335. The Hall–Kier alpha value is -2.43. The minimum absolute atomic E-state index is 0.264. The Morgan fingerprint density at radius 3 is 2.33 bits per heavy atom. The zero-order valence-corrected chi connectivity index (χ0v) is 12.1. The lowest BCUT2D eigenvalue weighted by atomic mass is 10.2. The van der Waals surface area contributed by atoms with Gasteiger partial charge in [0.05, 0.1) is 5.56 Å². The number of nitrogens with zero attached hydrogens (tertiary/aromatic N) is 2. The van der Waals surface area contributed by atoms with Crippen LogP contribution >= 0.6 is 0 Å². The third-order valence-electron chi connectivity index (χ3n) is 3.20. The lowest BCUT2D eigenvalue weighted by Gasteiger charge is -2.19. The van der Waals surface area contributed by atoms with Gasteiger partial charge in [-0.25, -0.2) is 9.37 Å². The van der Waals surface area contributed by atoms with Gasteiger partial charge in [0.25, 0.3) is 5.91 Å². The second kappa shape index (κ2) is 6.83. The van der Waals surface area contributed by atoms with Crippen LogP contribution in [0.2, 0.25) is 0 Å². The number of amides is 1. The quantitative estimate of drug-likeness (QED) is 0.917. The van der Waals surface area contributed by atoms with Crippen molar-refractivity contribution in [2.24, 2.45) is 0 Å². The number of rotatable bonds is 5. The van der Waals surface area contributed by atoms with Gasteiger partial charge in [-0.1, -0.05) is 0 Å². The second-order valence-electron chi connectivity index (χ2n) is 4.54. The van der Waals surface area contributed by atoms with Gasteiger partial charge >= 0.3 is 0 Å². The lowest BCUT2D eigenvalue weighted by molar-refractivity contribution is 0.102. The number of hydrogen-bond acceptors (Lipinski definition) is 3. The maximum atomic E-state index is 12.8. The molecule has 1 N–H and O–H groups in total. The van der Waals surface area contributed by atoms with Gasteiger partial charge in [-0.15, -0.1) is 0 Å². The van der Waals surface area contributed by atoms with Crippen LogP contribution in [-0.4, -0.2) is 24.0 Å². The molecule has 4 nitrogen and oxygen atoms in total. The SMILES string of the molecule is CCN(CC)c1ccc(C(=O)Nc2ccc(F)cc2)cn1. The standard InChI is InChI=1S/C16H18FN3O/c1-3-20(4-2)15-10-5-12(11-18-15)16(21)19-14-8-6-13(17)7-9-14/h5-11H,3-4H2,1-2H3,(H,19,21). The van der Waals surface area contributed by atoms with E-state index in [2.05, 4.69) is 29.0 Å². The van der Waals surface area contributed by atoms with E-state index in [1.54, 1.807) is 12.3 Å². The van der Waals surface area contributed by atoms with Crippen LogP contribution in [0.1, 0.15) is 24.2 Å². The highest BCUT2D eigenvalue weighted by Gasteiger charge is 2.08. The van der Waals surface area contributed by atoms with E-state index in [0.29, 0.717) is 11.3 Å². The number of hydrogen-bond donors (Lipinski definition) is 1. The predicted molar refractivity (Wildman–Crippen MR) is 82.2 cm³/mol. The van der Waals surface area contributed by atoms with Crippen molar-refractivity contribution in [2.75, 3.05) is 23.3 Å². The maximum Gasteiger partial charge on any atom is 0.257 e. The van der Waals surface area contributed by atoms with Crippen molar-refractivity contribution in [2.45, 2.75) is 13.8 Å². The smallest absolute Gasteiger partial charge is 0.257 e. The third-order valence-corrected chi connectivity index (χ3v) is 3.20. The summed E-state index contributed by atoms with van der Waals surface area (Å²) in [5.41, 5.74) is 1.02. The van der Waals surface area contributed by atoms with Crippen LogP contribution < -0.4 is 10.2 Å². The Labute approximate surface area is 123 Å². The monoisotopic (exact) mass is 287 g/mol. The third kappa shape index (κ3) is 3.78. The first-order chi connectivity index (χ1) is 10.1. The summed E-state index contributed by atoms with van der Waals surface area (Å²) in [5.74, 6) is 0.247. The first-order valence-corrected chi connectivity index (χ1v) is 6.92. The van der Waals surface area contributed by atoms with Gasteiger partial charge in [0.1, 0.15) is 11.6 Å². The number of benzene rings is 1. The molecular weight excluding hydrogens is 269 g/mol. The Morgan fingerprint density at radius 1 is 1.14 bits per heavy atom. The van der Waals surface area contributed by atoms with Crippen LogP contribution in [0.3, 0.4) is 0 Å². The largest absolute Gasteiger partial charge is 0.357 e. The molecule has 1 heterocycles. The number of nitrogens with one attached hydrogen (secondary N) is 1. The normalized spacial score (nSPS) is 10.2. The molecule has 0 aliphatic heterocycles. The Bertz CT molecular complexity index is 592. The molecule has 2 aromatic rings. The number of anilines is 2. The molecule has 0 aliphatic rings. The molecule has 1 amide bonds. The number of pyridine rings is 1. The van der Waals surface area contributed by atoms with Gasteiger partial charge in [-0.2, -0.15) is 0 Å². The van der Waals surface area contributed by atoms with Crippen LogP contribution in [0.4, 0.5) is 15.9 Å². The molecule has 110 valence electrons. The average Bonchev–Trinajstić information content (AvgIpc) is 2.51. The molecular formula is C16H18FN3O. The summed E-state index contributed by atoms with van der Waals surface area (Å²) in [6.45, 7) is 5.84. The summed E-state index contributed by atoms with van der Waals surface area (Å²) < 4.78 is 12.8. The Morgan fingerprint density at radius 2 is 1.81 bits per heavy atom. The van der Waals surface area contributed by atoms with Crippen LogP contribution in [0.5, 0.6) is 0 Å². The van der Waals surface area contributed by atoms with E-state index in [4.69, 9.17) is 0 Å². The van der Waals surface area contributed by atoms with E-state index in [-0.39, 0.29) is 11.7 Å². The first kappa shape index (κ1) is 15.0. The van der Waals surface area contributed by atoms with Crippen molar-refractivity contribution in [3.63, 3.8) is 0 Å². The number of carbonyl (C=O) groups excluding carboxylic acids is 1. The van der Waals surface area contributed by atoms with Crippen LogP contribution in [0.25, 0.3) is 0 Å². The highest BCUT2D eigenvalue weighted by Crippen LogP contribution is 2.13. The van der Waals surface area contributed by atoms with Gasteiger partial charge < -0.3 is 10.2 Å². The number of halogens is 1. The zero-order chi connectivity index (χ0) is 15.2. The summed E-state index contributed by atoms with van der Waals surface area (Å²) in [6.07, 6.45) is 1.55. The van der Waals surface area contributed by atoms with E-state index in [1.165, 1.54) is 24.3 Å². The summed E-state index contributed by atoms with van der Waals surface area (Å²) in [5, 5.41) is 2.70. The van der Waals surface area contributed by atoms with Crippen molar-refractivity contribution in [3.05, 3.63) is 54.0 Å². The molecule has 0 spiro atoms. The fourth-order valence-corrected chi connectivity index (χ4v) is 1.99. The number of aromatic nitrogens is 1. The topological polar surface area (TPSA) is 45.2 Å². The summed E-state index contributed by atoms with van der Waals surface area (Å²) in [4.78, 5) is 18.5. The van der Waals surface area contributed by atoms with Gasteiger partial charge in [-0.05, 0) is 50.2 Å². The van der Waals surface area contributed by atoms with Gasteiger partial charge in [0, 0.05) is 25.0 Å². The predicted octanol–water partition coefficient (Wildman–Crippen LogP) is 3.32. The van der Waals surface area contributed by atoms with Crippen molar-refractivity contribution in [3.8, 4) is 0 Å². The molecule has 21 heavy (non-hydrogen) atoms. The van der Waals surface area contributed by atoms with Crippen molar-refractivity contribution >= 4 is 17.4 Å². The Balaban J connectivity index is 2.07. The van der Waals surface area contributed by atoms with E-state index < -0.39 is 0 Å². The average molecular weight is 287 g/mol. The van der Waals surface area contributed by atoms with Gasteiger partial charge in [0.15, 0.2) is 0 Å². The van der Waals surface area contributed by atoms with Crippen LogP contribution in [0.15, 0.2) is 42.6 Å². The summed E-state index contributed by atoms with van der Waals surface area (Å²) >= 11 is 0. The zero-order valence-electron chi connectivity index (χ0n) is 12.1. The molecule has 2 rings (SSSR count). The molecule has 1 aromatic heterocycles. The van der Waals surface area contributed by atoms with Crippen LogP contribution in [0, 0.1) is 5.82 Å². The number of carbonyl (C=O) groups is 1. The van der Waals surface area contributed by atoms with Gasteiger partial charge in [0.2, 0.25) is 0 Å². The fourth-order valence-electron chi connectivity index (χ4n) is 1.99. The summed E-state index contributed by atoms with van der Waals surface area (Å²) in [7, 11) is 0. The van der Waals surface area contributed by atoms with E-state index in [0.717, 1.165) is 18.9 Å². The highest BCUT2D eigenvalue weighted by atomic mass is 19.1. The molecule has 0 fully saturated rings. The molecule has 0 radical (unpaired) electrons. The highest BCUT2D eigenvalue weighted by molar-refractivity contribution is 6.04. The Kier molecular flexibility index (Phi) is 4.87. The van der Waals surface area contributed by atoms with Crippen LogP contribution in [-0.2, 0) is 0 Å². The summed E-state index contributed by atoms with van der Waals surface area (Å²) in [6, 6.07) is 9.20. The molecule has 5 heteroatoms. The molecule has 1 aromatic carbocycles. The molecule has 0 atom stereocenters. The van der Waals surface area contributed by atoms with Crippen molar-refractivity contribution < 1.29 is 9.18 Å². The minimum Gasteiger partial charge on any atom is -0.357 e. The molecule has 0 saturated carbocycles. The molecule has 0 bridgehead atoms. The van der Waals surface area contributed by atoms with Crippen molar-refractivity contribution in [1.29, 1.82) is 0 Å². The second-order valence-corrected chi connectivity index (χ2v) is 4.54. The maximum absolute atomic E-state index is 12.8. The van der Waals surface area contributed by atoms with E-state index in [1.807, 2.05) is 6.07 Å². The molecule has 0 unspecified atom stereocenters. The molecule has 0 saturated heterocycles. The fraction of sp³-hybridized carbons (Fsp3) is 0.250. The van der Waals surface area contributed by atoms with E-state index in [9.17, 15) is 9.18 Å². The van der Waals surface area contributed by atoms with Gasteiger partial charge in [-0.3, -0.25) is 4.79 Å². The molecule has 0 aliphatic carbocycles.